The Morgan fingerprint density at radius 1 is 1.43 bits per heavy atom. The lowest BCUT2D eigenvalue weighted by Gasteiger charge is -2.33. The zero-order chi connectivity index (χ0) is 17.6. The molecule has 0 saturated carbocycles. The van der Waals surface area contributed by atoms with Crippen LogP contribution in [-0.2, 0) is 9.53 Å². The van der Waals surface area contributed by atoms with Gasteiger partial charge in [0.1, 0.15) is 12.4 Å². The highest BCUT2D eigenvalue weighted by atomic mass is 16.5. The topological polar surface area (TPSA) is 91.8 Å². The molecular weight excluding hydrogens is 298 g/mol. The van der Waals surface area contributed by atoms with Gasteiger partial charge in [0.05, 0.1) is 11.3 Å². The highest BCUT2D eigenvalue weighted by molar-refractivity contribution is 5.92. The first-order chi connectivity index (χ1) is 10.7. The second-order valence-electron chi connectivity index (χ2n) is 5.79. The molecule has 0 fully saturated rings. The van der Waals surface area contributed by atoms with Crippen LogP contribution in [0.3, 0.4) is 0 Å². The van der Waals surface area contributed by atoms with Crippen LogP contribution in [0.4, 0.5) is 16.3 Å². The van der Waals surface area contributed by atoms with Crippen molar-refractivity contribution in [3.05, 3.63) is 17.8 Å². The number of methoxy groups -OCH3 is 1. The quantitative estimate of drug-likeness (QED) is 0.834. The fourth-order valence-corrected chi connectivity index (χ4v) is 1.93. The first kappa shape index (κ1) is 18.5. The molecule has 0 aliphatic heterocycles. The fraction of sp³-hybridized carbons (Fsp3) is 0.438. The molecule has 7 nitrogen and oxygen atoms in total. The summed E-state index contributed by atoms with van der Waals surface area (Å²) in [6.07, 6.45) is 0.317. The molecule has 0 aromatic carbocycles. The Bertz CT molecular complexity index is 654. The van der Waals surface area contributed by atoms with Gasteiger partial charge in [-0.2, -0.15) is 0 Å². The summed E-state index contributed by atoms with van der Waals surface area (Å²) in [6, 6.07) is 1.50. The van der Waals surface area contributed by atoms with E-state index in [9.17, 15) is 14.7 Å². The summed E-state index contributed by atoms with van der Waals surface area (Å²) >= 11 is 0. The van der Waals surface area contributed by atoms with E-state index in [1.807, 2.05) is 0 Å². The summed E-state index contributed by atoms with van der Waals surface area (Å²) in [5, 5.41) is 12.1. The maximum absolute atomic E-state index is 11.7. The number of nitrogens with zero attached hydrogens (tertiary/aromatic N) is 2. The number of hydrogen-bond donors (Lipinski definition) is 2. The van der Waals surface area contributed by atoms with E-state index in [2.05, 4.69) is 22.1 Å². The third-order valence-corrected chi connectivity index (χ3v) is 2.73. The SMILES string of the molecule is COCC#Cc1cnc(NC(C)=O)cc1N(C(=O)O)C(C)(C)C. The highest BCUT2D eigenvalue weighted by Crippen LogP contribution is 2.29. The van der Waals surface area contributed by atoms with Gasteiger partial charge in [0, 0.05) is 31.8 Å². The molecule has 2 amide bonds. The molecule has 0 saturated heterocycles. The largest absolute Gasteiger partial charge is 0.465 e. The normalized spacial score (nSPS) is 10.5. The first-order valence-electron chi connectivity index (χ1n) is 6.95. The summed E-state index contributed by atoms with van der Waals surface area (Å²) in [6.45, 7) is 6.88. The molecule has 0 atom stereocenters. The lowest BCUT2D eigenvalue weighted by molar-refractivity contribution is -0.114. The number of carboxylic acid groups (broad SMARTS) is 1. The molecule has 0 radical (unpaired) electrons. The molecule has 0 aliphatic rings. The number of rotatable bonds is 3. The number of carbonyl (C=O) groups excluding carboxylic acids is 1. The molecule has 0 bridgehead atoms. The molecular formula is C16H21N3O4. The second-order valence-corrected chi connectivity index (χ2v) is 5.79. The third-order valence-electron chi connectivity index (χ3n) is 2.73. The summed E-state index contributed by atoms with van der Waals surface area (Å²) in [5.41, 5.74) is 0.0964. The van der Waals surface area contributed by atoms with Crippen LogP contribution in [0.5, 0.6) is 0 Å². The summed E-state index contributed by atoms with van der Waals surface area (Å²) in [5.74, 6) is 5.60. The van der Waals surface area contributed by atoms with Crippen molar-refractivity contribution >= 4 is 23.5 Å². The van der Waals surface area contributed by atoms with Gasteiger partial charge in [-0.15, -0.1) is 0 Å². The zero-order valence-electron chi connectivity index (χ0n) is 13.9. The van der Waals surface area contributed by atoms with E-state index in [4.69, 9.17) is 4.74 Å². The molecule has 1 aromatic heterocycles. The highest BCUT2D eigenvalue weighted by Gasteiger charge is 2.30. The smallest absolute Gasteiger partial charge is 0.412 e. The predicted molar refractivity (Wildman–Crippen MR) is 87.6 cm³/mol. The molecule has 2 N–H and O–H groups in total. The van der Waals surface area contributed by atoms with Gasteiger partial charge < -0.3 is 15.2 Å². The van der Waals surface area contributed by atoms with Crippen molar-refractivity contribution in [3.8, 4) is 11.8 Å². The molecule has 1 rings (SSSR count). The van der Waals surface area contributed by atoms with Crippen molar-refractivity contribution in [2.24, 2.45) is 0 Å². The van der Waals surface area contributed by atoms with Gasteiger partial charge >= 0.3 is 6.09 Å². The van der Waals surface area contributed by atoms with E-state index in [-0.39, 0.29) is 18.3 Å². The van der Waals surface area contributed by atoms with Gasteiger partial charge in [-0.05, 0) is 20.8 Å². The molecule has 1 heterocycles. The molecule has 0 unspecified atom stereocenters. The van der Waals surface area contributed by atoms with Gasteiger partial charge in [-0.25, -0.2) is 9.78 Å². The summed E-state index contributed by atoms with van der Waals surface area (Å²) < 4.78 is 4.87. The number of ether oxygens (including phenoxy) is 1. The van der Waals surface area contributed by atoms with Crippen molar-refractivity contribution < 1.29 is 19.4 Å². The number of aromatic nitrogens is 1. The Kier molecular flexibility index (Phi) is 6.10. The average Bonchev–Trinajstić information content (AvgIpc) is 2.38. The number of nitrogens with one attached hydrogen (secondary N) is 1. The van der Waals surface area contributed by atoms with Gasteiger partial charge in [-0.1, -0.05) is 11.8 Å². The molecule has 23 heavy (non-hydrogen) atoms. The zero-order valence-corrected chi connectivity index (χ0v) is 13.9. The minimum Gasteiger partial charge on any atom is -0.465 e. The van der Waals surface area contributed by atoms with Crippen LogP contribution in [0.1, 0.15) is 33.3 Å². The predicted octanol–water partition coefficient (Wildman–Crippen LogP) is 2.32. The monoisotopic (exact) mass is 319 g/mol. The average molecular weight is 319 g/mol. The Morgan fingerprint density at radius 3 is 2.57 bits per heavy atom. The number of anilines is 2. The standard InChI is InChI=1S/C16H21N3O4/c1-11(20)18-14-9-13(19(15(21)22)16(2,3)4)12(10-17-14)7-6-8-23-5/h9-10H,8H2,1-5H3,(H,21,22)(H,17,18,20). The molecule has 0 spiro atoms. The van der Waals surface area contributed by atoms with Crippen LogP contribution >= 0.6 is 0 Å². The van der Waals surface area contributed by atoms with Crippen molar-refractivity contribution in [1.29, 1.82) is 0 Å². The number of carbonyl (C=O) groups is 2. The van der Waals surface area contributed by atoms with Crippen molar-refractivity contribution in [2.45, 2.75) is 33.2 Å². The van der Waals surface area contributed by atoms with E-state index in [1.54, 1.807) is 20.8 Å². The van der Waals surface area contributed by atoms with Gasteiger partial charge in [0.25, 0.3) is 0 Å². The Morgan fingerprint density at radius 2 is 2.09 bits per heavy atom. The van der Waals surface area contributed by atoms with Crippen LogP contribution in [0.2, 0.25) is 0 Å². The number of amides is 2. The molecule has 0 aliphatic carbocycles. The molecule has 7 heteroatoms. The second kappa shape index (κ2) is 7.61. The van der Waals surface area contributed by atoms with E-state index in [0.717, 1.165) is 0 Å². The molecule has 1 aromatic rings. The van der Waals surface area contributed by atoms with Crippen LogP contribution in [-0.4, -0.2) is 41.3 Å². The number of pyridine rings is 1. The van der Waals surface area contributed by atoms with Crippen LogP contribution in [0, 0.1) is 11.8 Å². The lowest BCUT2D eigenvalue weighted by atomic mass is 10.0. The van der Waals surface area contributed by atoms with Gasteiger partial charge in [0.2, 0.25) is 5.91 Å². The molecule has 124 valence electrons. The summed E-state index contributed by atoms with van der Waals surface area (Å²) in [4.78, 5) is 28.2. The van der Waals surface area contributed by atoms with Gasteiger partial charge in [0.15, 0.2) is 0 Å². The minimum atomic E-state index is -1.12. The fourth-order valence-electron chi connectivity index (χ4n) is 1.93. The maximum atomic E-state index is 11.7. The van der Waals surface area contributed by atoms with E-state index in [0.29, 0.717) is 11.3 Å². The number of hydrogen-bond acceptors (Lipinski definition) is 4. The van der Waals surface area contributed by atoms with E-state index >= 15 is 0 Å². The van der Waals surface area contributed by atoms with Crippen LogP contribution < -0.4 is 10.2 Å². The Balaban J connectivity index is 3.45. The van der Waals surface area contributed by atoms with Crippen molar-refractivity contribution in [2.75, 3.05) is 23.9 Å². The van der Waals surface area contributed by atoms with Gasteiger partial charge in [-0.3, -0.25) is 9.69 Å². The van der Waals surface area contributed by atoms with Crippen LogP contribution in [0.15, 0.2) is 12.3 Å². The van der Waals surface area contributed by atoms with Crippen molar-refractivity contribution in [1.82, 2.24) is 4.98 Å². The van der Waals surface area contributed by atoms with E-state index in [1.165, 1.54) is 31.2 Å². The van der Waals surface area contributed by atoms with Crippen LogP contribution in [0.25, 0.3) is 0 Å². The Hall–Kier alpha value is -2.59. The summed E-state index contributed by atoms with van der Waals surface area (Å²) in [7, 11) is 1.52. The van der Waals surface area contributed by atoms with E-state index < -0.39 is 11.6 Å². The Labute approximate surface area is 135 Å². The maximum Gasteiger partial charge on any atom is 0.412 e. The lowest BCUT2D eigenvalue weighted by Crippen LogP contribution is -2.45. The minimum absolute atomic E-state index is 0.218. The first-order valence-corrected chi connectivity index (χ1v) is 6.95. The van der Waals surface area contributed by atoms with Crippen molar-refractivity contribution in [3.63, 3.8) is 0 Å². The third kappa shape index (κ3) is 5.27.